The van der Waals surface area contributed by atoms with E-state index in [0.717, 1.165) is 5.56 Å². The number of aromatic nitrogens is 2. The lowest BCUT2D eigenvalue weighted by Gasteiger charge is -2.04. The molecule has 1 aromatic heterocycles. The highest BCUT2D eigenvalue weighted by Gasteiger charge is 2.04. The Morgan fingerprint density at radius 3 is 2.47 bits per heavy atom. The van der Waals surface area contributed by atoms with Gasteiger partial charge in [-0.25, -0.2) is 4.79 Å². The first-order valence-corrected chi connectivity index (χ1v) is 5.10. The average Bonchev–Trinajstić information content (AvgIpc) is 2.38. The van der Waals surface area contributed by atoms with Crippen LogP contribution in [0, 0.1) is 0 Å². The van der Waals surface area contributed by atoms with Crippen LogP contribution >= 0.6 is 0 Å². The molecule has 86 valence electrons. The molecular weight excluding hydrogens is 218 g/mol. The van der Waals surface area contributed by atoms with Gasteiger partial charge in [-0.1, -0.05) is 30.3 Å². The Bertz CT molecular complexity index is 497. The number of nitrogens with zero attached hydrogens (tertiary/aromatic N) is 2. The van der Waals surface area contributed by atoms with Gasteiger partial charge in [0.05, 0.1) is 0 Å². The Hall–Kier alpha value is -2.43. The molecule has 0 aliphatic heterocycles. The molecule has 2 rings (SSSR count). The van der Waals surface area contributed by atoms with Crippen molar-refractivity contribution in [3.05, 3.63) is 53.7 Å². The molecule has 0 aliphatic rings. The van der Waals surface area contributed by atoms with Gasteiger partial charge < -0.3 is 10.4 Å². The summed E-state index contributed by atoms with van der Waals surface area (Å²) in [5.74, 6) is -0.522. The highest BCUT2D eigenvalue weighted by atomic mass is 16.4. The summed E-state index contributed by atoms with van der Waals surface area (Å²) in [7, 11) is 0. The lowest BCUT2D eigenvalue weighted by Crippen LogP contribution is -2.06. The van der Waals surface area contributed by atoms with Gasteiger partial charge in [0, 0.05) is 6.54 Å². The smallest absolute Gasteiger partial charge is 0.356 e. The van der Waals surface area contributed by atoms with Crippen molar-refractivity contribution in [2.75, 3.05) is 5.32 Å². The number of hydrogen-bond donors (Lipinski definition) is 2. The second-order valence-electron chi connectivity index (χ2n) is 3.45. The Morgan fingerprint density at radius 2 is 1.88 bits per heavy atom. The van der Waals surface area contributed by atoms with Crippen molar-refractivity contribution in [3.8, 4) is 0 Å². The summed E-state index contributed by atoms with van der Waals surface area (Å²) in [6, 6.07) is 12.9. The molecule has 1 heterocycles. The maximum atomic E-state index is 10.6. The molecule has 0 aliphatic carbocycles. The van der Waals surface area contributed by atoms with Gasteiger partial charge >= 0.3 is 5.97 Å². The zero-order valence-corrected chi connectivity index (χ0v) is 9.00. The molecule has 0 radical (unpaired) electrons. The first-order valence-electron chi connectivity index (χ1n) is 5.10. The molecule has 0 bridgehead atoms. The van der Waals surface area contributed by atoms with Crippen LogP contribution in [0.5, 0.6) is 0 Å². The Morgan fingerprint density at radius 1 is 1.12 bits per heavy atom. The maximum absolute atomic E-state index is 10.6. The first kappa shape index (κ1) is 11.1. The molecule has 2 N–H and O–H groups in total. The zero-order chi connectivity index (χ0) is 12.1. The number of carboxylic acids is 1. The van der Waals surface area contributed by atoms with E-state index in [1.165, 1.54) is 6.07 Å². The summed E-state index contributed by atoms with van der Waals surface area (Å²) in [4.78, 5) is 10.6. The van der Waals surface area contributed by atoms with Crippen molar-refractivity contribution in [1.82, 2.24) is 10.2 Å². The lowest BCUT2D eigenvalue weighted by molar-refractivity contribution is 0.0689. The van der Waals surface area contributed by atoms with Crippen LogP contribution in [0.1, 0.15) is 16.1 Å². The second-order valence-corrected chi connectivity index (χ2v) is 3.45. The molecule has 1 aromatic carbocycles. The SMILES string of the molecule is O=C(O)c1ccc(NCc2ccccc2)nn1. The van der Waals surface area contributed by atoms with E-state index in [0.29, 0.717) is 12.4 Å². The quantitative estimate of drug-likeness (QED) is 0.835. The number of benzene rings is 1. The molecule has 5 heteroatoms. The number of nitrogens with one attached hydrogen (secondary N) is 1. The minimum absolute atomic E-state index is 0.0599. The monoisotopic (exact) mass is 229 g/mol. The summed E-state index contributed by atoms with van der Waals surface area (Å²) >= 11 is 0. The van der Waals surface area contributed by atoms with Crippen LogP contribution in [0.4, 0.5) is 5.82 Å². The number of aromatic carboxylic acids is 1. The Labute approximate surface area is 98.1 Å². The van der Waals surface area contributed by atoms with Crippen molar-refractivity contribution in [3.63, 3.8) is 0 Å². The number of anilines is 1. The highest BCUT2D eigenvalue weighted by molar-refractivity contribution is 5.85. The van der Waals surface area contributed by atoms with Crippen LogP contribution in [0.15, 0.2) is 42.5 Å². The van der Waals surface area contributed by atoms with E-state index in [9.17, 15) is 4.79 Å². The van der Waals surface area contributed by atoms with Crippen LogP contribution in [0.2, 0.25) is 0 Å². The van der Waals surface area contributed by atoms with Gasteiger partial charge in [-0.2, -0.15) is 0 Å². The molecule has 0 spiro atoms. The van der Waals surface area contributed by atoms with Crippen LogP contribution < -0.4 is 5.32 Å². The normalized spacial score (nSPS) is 9.88. The Balaban J connectivity index is 1.98. The van der Waals surface area contributed by atoms with Crippen LogP contribution in [0.3, 0.4) is 0 Å². The van der Waals surface area contributed by atoms with Gasteiger partial charge in [0.1, 0.15) is 5.82 Å². The number of hydrogen-bond acceptors (Lipinski definition) is 4. The van der Waals surface area contributed by atoms with Crippen LogP contribution in [-0.4, -0.2) is 21.3 Å². The van der Waals surface area contributed by atoms with Crippen molar-refractivity contribution in [1.29, 1.82) is 0 Å². The fraction of sp³-hybridized carbons (Fsp3) is 0.0833. The van der Waals surface area contributed by atoms with Crippen molar-refractivity contribution >= 4 is 11.8 Å². The minimum Gasteiger partial charge on any atom is -0.476 e. The van der Waals surface area contributed by atoms with E-state index in [1.54, 1.807) is 6.07 Å². The topological polar surface area (TPSA) is 75.1 Å². The fourth-order valence-electron chi connectivity index (χ4n) is 1.33. The molecular formula is C12H11N3O2. The lowest BCUT2D eigenvalue weighted by atomic mass is 10.2. The van der Waals surface area contributed by atoms with Crippen molar-refractivity contribution in [2.24, 2.45) is 0 Å². The summed E-state index contributed by atoms with van der Waals surface area (Å²) < 4.78 is 0. The molecule has 0 amide bonds. The first-order chi connectivity index (χ1) is 8.25. The average molecular weight is 229 g/mol. The summed E-state index contributed by atoms with van der Waals surface area (Å²) in [6.07, 6.45) is 0. The summed E-state index contributed by atoms with van der Waals surface area (Å²) in [5, 5.41) is 19.1. The van der Waals surface area contributed by atoms with E-state index in [-0.39, 0.29) is 5.69 Å². The predicted octanol–water partition coefficient (Wildman–Crippen LogP) is 1.79. The van der Waals surface area contributed by atoms with E-state index >= 15 is 0 Å². The molecule has 0 saturated carbocycles. The standard InChI is InChI=1S/C12H11N3O2/c16-12(17)10-6-7-11(15-14-10)13-8-9-4-2-1-3-5-9/h1-7H,8H2,(H,13,15)(H,16,17). The van der Waals surface area contributed by atoms with Gasteiger partial charge in [-0.15, -0.1) is 10.2 Å². The van der Waals surface area contributed by atoms with E-state index in [4.69, 9.17) is 5.11 Å². The van der Waals surface area contributed by atoms with Gasteiger partial charge in [-0.05, 0) is 17.7 Å². The molecule has 2 aromatic rings. The van der Waals surface area contributed by atoms with E-state index in [1.807, 2.05) is 30.3 Å². The number of rotatable bonds is 4. The van der Waals surface area contributed by atoms with Gasteiger partial charge in [0.25, 0.3) is 0 Å². The molecule has 0 unspecified atom stereocenters. The molecule has 0 saturated heterocycles. The van der Waals surface area contributed by atoms with E-state index in [2.05, 4.69) is 15.5 Å². The second kappa shape index (κ2) is 5.07. The van der Waals surface area contributed by atoms with Gasteiger partial charge in [-0.3, -0.25) is 0 Å². The third-order valence-corrected chi connectivity index (χ3v) is 2.20. The molecule has 0 atom stereocenters. The third-order valence-electron chi connectivity index (χ3n) is 2.20. The minimum atomic E-state index is -1.08. The highest BCUT2D eigenvalue weighted by Crippen LogP contribution is 2.05. The number of carbonyl (C=O) groups is 1. The zero-order valence-electron chi connectivity index (χ0n) is 9.00. The largest absolute Gasteiger partial charge is 0.476 e. The van der Waals surface area contributed by atoms with Crippen molar-refractivity contribution in [2.45, 2.75) is 6.54 Å². The van der Waals surface area contributed by atoms with Crippen molar-refractivity contribution < 1.29 is 9.90 Å². The predicted molar refractivity (Wildman–Crippen MR) is 62.8 cm³/mol. The Kier molecular flexibility index (Phi) is 3.30. The third kappa shape index (κ3) is 3.01. The molecule has 0 fully saturated rings. The summed E-state index contributed by atoms with van der Waals surface area (Å²) in [6.45, 7) is 0.627. The fourth-order valence-corrected chi connectivity index (χ4v) is 1.33. The maximum Gasteiger partial charge on any atom is 0.356 e. The number of carboxylic acid groups (broad SMARTS) is 1. The van der Waals surface area contributed by atoms with Crippen LogP contribution in [0.25, 0.3) is 0 Å². The summed E-state index contributed by atoms with van der Waals surface area (Å²) in [5.41, 5.74) is 1.06. The van der Waals surface area contributed by atoms with Crippen LogP contribution in [-0.2, 0) is 6.54 Å². The van der Waals surface area contributed by atoms with Gasteiger partial charge in [0.15, 0.2) is 5.69 Å². The molecule has 5 nitrogen and oxygen atoms in total. The molecule has 17 heavy (non-hydrogen) atoms. The van der Waals surface area contributed by atoms with E-state index < -0.39 is 5.97 Å². The van der Waals surface area contributed by atoms with Gasteiger partial charge in [0.2, 0.25) is 0 Å².